The molecule has 2 aliphatic carbocycles. The molecule has 0 spiro atoms. The molecule has 9 aromatic rings. The zero-order chi connectivity index (χ0) is 42.0. The molecule has 0 saturated heterocycles. The Kier molecular flexibility index (Phi) is 9.16. The van der Waals surface area contributed by atoms with Gasteiger partial charge in [0, 0.05) is 16.8 Å². The van der Waals surface area contributed by atoms with E-state index in [1.54, 1.807) is 0 Å². The summed E-state index contributed by atoms with van der Waals surface area (Å²) in [6, 6.07) is 74.8. The van der Waals surface area contributed by atoms with Crippen molar-refractivity contribution in [1.82, 2.24) is 0 Å². The summed E-state index contributed by atoms with van der Waals surface area (Å²) in [6.07, 6.45) is 1.95. The number of nitrogens with zero attached hydrogens (tertiary/aromatic N) is 1. The topological polar surface area (TPSA) is 3.24 Å². The van der Waals surface area contributed by atoms with Gasteiger partial charge in [0.05, 0.1) is 5.69 Å². The van der Waals surface area contributed by atoms with Gasteiger partial charge in [0.2, 0.25) is 0 Å². The molecule has 11 rings (SSSR count). The molecule has 2 aliphatic rings. The molecular formula is C61H49N. The fraction of sp³-hybridized carbons (Fsp3) is 0.115. The Balaban J connectivity index is 1.13. The van der Waals surface area contributed by atoms with Crippen molar-refractivity contribution in [1.29, 1.82) is 0 Å². The van der Waals surface area contributed by atoms with E-state index in [0.717, 1.165) is 24.2 Å². The summed E-state index contributed by atoms with van der Waals surface area (Å²) in [4.78, 5) is 2.54. The van der Waals surface area contributed by atoms with Crippen LogP contribution < -0.4 is 4.90 Å². The van der Waals surface area contributed by atoms with Gasteiger partial charge in [0.1, 0.15) is 0 Å². The molecule has 0 aliphatic heterocycles. The SMILES string of the molecule is Cc1cc(-c2cccc(-c3ccccc3)c2)cc(C)c1N(c1ccc2c(c1)-c1ccccc1CCc1ccccc1-c1ccccc1-2)c1ccc2c(c1)C(C)(C)c1ccccc1-2. The molecule has 0 atom stereocenters. The van der Waals surface area contributed by atoms with Crippen LogP contribution >= 0.6 is 0 Å². The van der Waals surface area contributed by atoms with Crippen molar-refractivity contribution < 1.29 is 0 Å². The van der Waals surface area contributed by atoms with Crippen molar-refractivity contribution in [2.24, 2.45) is 0 Å². The van der Waals surface area contributed by atoms with Gasteiger partial charge in [0.25, 0.3) is 0 Å². The second-order valence-electron chi connectivity index (χ2n) is 17.7. The van der Waals surface area contributed by atoms with Crippen LogP contribution in [0.15, 0.2) is 200 Å². The summed E-state index contributed by atoms with van der Waals surface area (Å²) in [7, 11) is 0. The van der Waals surface area contributed by atoms with E-state index in [1.807, 2.05) is 0 Å². The summed E-state index contributed by atoms with van der Waals surface area (Å²) in [6.45, 7) is 9.34. The van der Waals surface area contributed by atoms with E-state index >= 15 is 0 Å². The van der Waals surface area contributed by atoms with Crippen LogP contribution in [0.25, 0.3) is 66.8 Å². The van der Waals surface area contributed by atoms with Crippen molar-refractivity contribution in [3.8, 4) is 66.8 Å². The van der Waals surface area contributed by atoms with Gasteiger partial charge in [0.15, 0.2) is 0 Å². The predicted molar refractivity (Wildman–Crippen MR) is 263 cm³/mol. The van der Waals surface area contributed by atoms with E-state index in [4.69, 9.17) is 0 Å². The predicted octanol–water partition coefficient (Wildman–Crippen LogP) is 16.5. The lowest BCUT2D eigenvalue weighted by Gasteiger charge is -2.32. The third-order valence-electron chi connectivity index (χ3n) is 13.6. The summed E-state index contributed by atoms with van der Waals surface area (Å²) in [5.41, 5.74) is 26.6. The van der Waals surface area contributed by atoms with E-state index in [9.17, 15) is 0 Å². The molecule has 1 heteroatoms. The summed E-state index contributed by atoms with van der Waals surface area (Å²) < 4.78 is 0. The summed E-state index contributed by atoms with van der Waals surface area (Å²) in [5.74, 6) is 0. The first-order chi connectivity index (χ1) is 30.3. The molecule has 0 saturated carbocycles. The maximum Gasteiger partial charge on any atom is 0.0520 e. The molecule has 0 heterocycles. The third-order valence-corrected chi connectivity index (χ3v) is 13.6. The number of hydrogen-bond donors (Lipinski definition) is 0. The maximum absolute atomic E-state index is 2.54. The number of fused-ring (bicyclic) bond motifs is 10. The van der Waals surface area contributed by atoms with Gasteiger partial charge in [-0.3, -0.25) is 0 Å². The molecule has 1 nitrogen and oxygen atoms in total. The van der Waals surface area contributed by atoms with Gasteiger partial charge >= 0.3 is 0 Å². The lowest BCUT2D eigenvalue weighted by molar-refractivity contribution is 0.660. The third kappa shape index (κ3) is 6.31. The molecule has 9 aromatic carbocycles. The van der Waals surface area contributed by atoms with E-state index in [0.29, 0.717) is 0 Å². The van der Waals surface area contributed by atoms with Crippen molar-refractivity contribution >= 4 is 17.1 Å². The quantitative estimate of drug-likeness (QED) is 0.168. The van der Waals surface area contributed by atoms with Crippen LogP contribution in [0.2, 0.25) is 0 Å². The fourth-order valence-electron chi connectivity index (χ4n) is 10.6. The van der Waals surface area contributed by atoms with E-state index in [1.165, 1.54) is 106 Å². The first kappa shape index (κ1) is 37.8. The minimum absolute atomic E-state index is 0.132. The minimum Gasteiger partial charge on any atom is -0.310 e. The highest BCUT2D eigenvalue weighted by Crippen LogP contribution is 2.52. The average Bonchev–Trinajstić information content (AvgIpc) is 3.54. The molecule has 0 radical (unpaired) electrons. The number of hydrogen-bond acceptors (Lipinski definition) is 1. The van der Waals surface area contributed by atoms with Gasteiger partial charge < -0.3 is 4.90 Å². The van der Waals surface area contributed by atoms with Crippen molar-refractivity contribution in [2.45, 2.75) is 46.0 Å². The number of aryl methyl sites for hydroxylation is 4. The monoisotopic (exact) mass is 795 g/mol. The number of anilines is 3. The minimum atomic E-state index is -0.132. The van der Waals surface area contributed by atoms with Crippen LogP contribution in [-0.4, -0.2) is 0 Å². The van der Waals surface area contributed by atoms with Gasteiger partial charge in [-0.1, -0.05) is 172 Å². The molecule has 0 aromatic heterocycles. The normalized spacial score (nSPS) is 13.2. The van der Waals surface area contributed by atoms with Crippen molar-refractivity contribution in [2.75, 3.05) is 4.90 Å². The van der Waals surface area contributed by atoms with E-state index in [-0.39, 0.29) is 5.41 Å². The Bertz CT molecular complexity index is 3160. The molecule has 298 valence electrons. The Morgan fingerprint density at radius 3 is 1.48 bits per heavy atom. The van der Waals surface area contributed by atoms with Crippen LogP contribution in [0, 0.1) is 13.8 Å². The lowest BCUT2D eigenvalue weighted by atomic mass is 9.82. The molecule has 0 unspecified atom stereocenters. The smallest absolute Gasteiger partial charge is 0.0520 e. The highest BCUT2D eigenvalue weighted by atomic mass is 15.1. The number of rotatable bonds is 5. The molecule has 0 fully saturated rings. The fourth-order valence-corrected chi connectivity index (χ4v) is 10.6. The van der Waals surface area contributed by atoms with Gasteiger partial charge in [-0.15, -0.1) is 0 Å². The summed E-state index contributed by atoms with van der Waals surface area (Å²) >= 11 is 0. The Hall–Kier alpha value is -7.22. The molecule has 0 amide bonds. The molecule has 0 N–H and O–H groups in total. The first-order valence-corrected chi connectivity index (χ1v) is 22.1. The lowest BCUT2D eigenvalue weighted by Crippen LogP contribution is -2.17. The van der Waals surface area contributed by atoms with Crippen LogP contribution in [0.3, 0.4) is 0 Å². The molecule has 62 heavy (non-hydrogen) atoms. The van der Waals surface area contributed by atoms with E-state index < -0.39 is 0 Å². The standard InChI is InChI=1S/C61H49N/c1-40-35-47(46-22-16-21-45(37-46)42-17-6-5-7-18-42)36-41(2)60(40)62(49-32-34-56-55-27-14-15-28-58(55)61(3,4)59(56)39-49)48-31-33-54-53-26-13-12-25-52(53)50-23-10-8-19-43(50)29-30-44-20-9-11-24-51(44)57(54)38-48/h5-28,31-39H,29-30H2,1-4H3. The maximum atomic E-state index is 2.54. The van der Waals surface area contributed by atoms with Crippen molar-refractivity contribution in [3.05, 3.63) is 234 Å². The Morgan fingerprint density at radius 2 is 0.806 bits per heavy atom. The second kappa shape index (κ2) is 15.0. The van der Waals surface area contributed by atoms with Crippen molar-refractivity contribution in [3.63, 3.8) is 0 Å². The Morgan fingerprint density at radius 1 is 0.339 bits per heavy atom. The van der Waals surface area contributed by atoms with E-state index in [2.05, 4.69) is 233 Å². The molecule has 0 bridgehead atoms. The van der Waals surface area contributed by atoms with Crippen LogP contribution in [-0.2, 0) is 18.3 Å². The summed E-state index contributed by atoms with van der Waals surface area (Å²) in [5, 5.41) is 0. The average molecular weight is 796 g/mol. The zero-order valence-corrected chi connectivity index (χ0v) is 35.9. The van der Waals surface area contributed by atoms with Crippen LogP contribution in [0.5, 0.6) is 0 Å². The van der Waals surface area contributed by atoms with Crippen LogP contribution in [0.1, 0.15) is 47.2 Å². The largest absolute Gasteiger partial charge is 0.310 e. The number of benzene rings is 9. The van der Waals surface area contributed by atoms with Gasteiger partial charge in [-0.2, -0.15) is 0 Å². The van der Waals surface area contributed by atoms with Crippen LogP contribution in [0.4, 0.5) is 17.1 Å². The molecular weight excluding hydrogens is 747 g/mol. The zero-order valence-electron chi connectivity index (χ0n) is 35.9. The highest BCUT2D eigenvalue weighted by Gasteiger charge is 2.36. The highest BCUT2D eigenvalue weighted by molar-refractivity contribution is 5.96. The van der Waals surface area contributed by atoms with Gasteiger partial charge in [-0.25, -0.2) is 0 Å². The second-order valence-corrected chi connectivity index (χ2v) is 17.7. The Labute approximate surface area is 366 Å². The van der Waals surface area contributed by atoms with Gasteiger partial charge in [-0.05, 0) is 169 Å². The first-order valence-electron chi connectivity index (χ1n) is 22.1.